The molecule has 0 amide bonds. The molecule has 0 N–H and O–H groups in total. The van der Waals surface area contributed by atoms with Gasteiger partial charge in [-0.15, -0.1) is 0 Å². The Kier molecular flexibility index (Phi) is 6.00. The third kappa shape index (κ3) is 4.75. The lowest BCUT2D eigenvalue weighted by molar-refractivity contribution is 0.306. The van der Waals surface area contributed by atoms with Gasteiger partial charge in [0.05, 0.1) is 17.1 Å². The number of aromatic nitrogens is 2. The van der Waals surface area contributed by atoms with Gasteiger partial charge in [-0.1, -0.05) is 54.1 Å². The van der Waals surface area contributed by atoms with Gasteiger partial charge in [0.15, 0.2) is 5.76 Å². The second kappa shape index (κ2) is 9.76. The van der Waals surface area contributed by atoms with Crippen LogP contribution in [-0.4, -0.2) is 15.9 Å². The Hall–Kier alpha value is -4.68. The van der Waals surface area contributed by atoms with E-state index in [-0.39, 0.29) is 5.56 Å². The molecule has 0 unspecified atom stereocenters. The summed E-state index contributed by atoms with van der Waals surface area (Å²) in [6.07, 6.45) is 1.62. The summed E-state index contributed by atoms with van der Waals surface area (Å²) in [5.41, 5.74) is 2.84. The normalized spacial score (nSPS) is 11.5. The molecule has 4 aromatic carbocycles. The first kappa shape index (κ1) is 22.8. The number of ether oxygens (including phenoxy) is 1. The van der Waals surface area contributed by atoms with Crippen LogP contribution in [0.4, 0.5) is 0 Å². The Morgan fingerprint density at radius 1 is 0.919 bits per heavy atom. The van der Waals surface area contributed by atoms with Crippen LogP contribution in [0.3, 0.4) is 0 Å². The quantitative estimate of drug-likeness (QED) is 0.230. The maximum atomic E-state index is 13.4. The van der Waals surface area contributed by atoms with Crippen molar-refractivity contribution in [2.24, 2.45) is 5.10 Å². The van der Waals surface area contributed by atoms with Crippen molar-refractivity contribution in [1.29, 1.82) is 0 Å². The molecule has 0 saturated heterocycles. The molecular formula is C30H20ClN3O3. The first-order valence-corrected chi connectivity index (χ1v) is 12.0. The van der Waals surface area contributed by atoms with Crippen molar-refractivity contribution in [3.05, 3.63) is 130 Å². The van der Waals surface area contributed by atoms with Crippen molar-refractivity contribution in [2.75, 3.05) is 0 Å². The van der Waals surface area contributed by atoms with Crippen molar-refractivity contribution in [3.8, 4) is 17.3 Å². The number of para-hydroxylation sites is 2. The van der Waals surface area contributed by atoms with Crippen molar-refractivity contribution in [2.45, 2.75) is 6.61 Å². The van der Waals surface area contributed by atoms with Crippen molar-refractivity contribution in [3.63, 3.8) is 0 Å². The summed E-state index contributed by atoms with van der Waals surface area (Å²) < 4.78 is 13.2. The van der Waals surface area contributed by atoms with E-state index >= 15 is 0 Å². The van der Waals surface area contributed by atoms with Gasteiger partial charge in [0.1, 0.15) is 17.9 Å². The predicted octanol–water partition coefficient (Wildman–Crippen LogP) is 6.92. The molecule has 2 heterocycles. The molecule has 6 nitrogen and oxygen atoms in total. The summed E-state index contributed by atoms with van der Waals surface area (Å²) in [5, 5.41) is 6.60. The van der Waals surface area contributed by atoms with E-state index in [2.05, 4.69) is 5.10 Å². The zero-order valence-electron chi connectivity index (χ0n) is 19.5. The van der Waals surface area contributed by atoms with Crippen LogP contribution in [-0.2, 0) is 6.61 Å². The molecule has 0 aliphatic rings. The highest BCUT2D eigenvalue weighted by Gasteiger charge is 2.16. The van der Waals surface area contributed by atoms with E-state index in [4.69, 9.17) is 25.7 Å². The number of halogens is 1. The van der Waals surface area contributed by atoms with E-state index in [1.54, 1.807) is 18.3 Å². The molecule has 0 saturated carbocycles. The van der Waals surface area contributed by atoms with Gasteiger partial charge in [0.25, 0.3) is 5.56 Å². The maximum absolute atomic E-state index is 13.4. The predicted molar refractivity (Wildman–Crippen MR) is 146 cm³/mol. The Bertz CT molecular complexity index is 1770. The summed E-state index contributed by atoms with van der Waals surface area (Å²) in [6, 6.07) is 31.7. The molecule has 0 fully saturated rings. The van der Waals surface area contributed by atoms with Crippen LogP contribution in [0.15, 0.2) is 117 Å². The molecule has 0 bridgehead atoms. The van der Waals surface area contributed by atoms with Gasteiger partial charge in [0.2, 0.25) is 5.82 Å². The van der Waals surface area contributed by atoms with Crippen LogP contribution in [0.25, 0.3) is 33.5 Å². The second-order valence-corrected chi connectivity index (χ2v) is 8.88. The summed E-state index contributed by atoms with van der Waals surface area (Å²) in [4.78, 5) is 18.1. The van der Waals surface area contributed by atoms with Gasteiger partial charge >= 0.3 is 0 Å². The van der Waals surface area contributed by atoms with E-state index in [0.29, 0.717) is 39.7 Å². The summed E-state index contributed by atoms with van der Waals surface area (Å²) in [6.45, 7) is 0.434. The highest BCUT2D eigenvalue weighted by atomic mass is 35.5. The summed E-state index contributed by atoms with van der Waals surface area (Å²) >= 11 is 5.94. The minimum atomic E-state index is -0.278. The van der Waals surface area contributed by atoms with Crippen LogP contribution in [0, 0.1) is 0 Å². The third-order valence-corrected chi connectivity index (χ3v) is 6.17. The van der Waals surface area contributed by atoms with Crippen molar-refractivity contribution >= 4 is 39.7 Å². The fourth-order valence-electron chi connectivity index (χ4n) is 4.00. The lowest BCUT2D eigenvalue weighted by Crippen LogP contribution is -2.20. The van der Waals surface area contributed by atoms with Crippen LogP contribution in [0.5, 0.6) is 5.75 Å². The molecule has 37 heavy (non-hydrogen) atoms. The molecule has 0 aliphatic heterocycles. The first-order valence-electron chi connectivity index (χ1n) is 11.7. The number of furan rings is 1. The molecule has 180 valence electrons. The highest BCUT2D eigenvalue weighted by Crippen LogP contribution is 2.27. The van der Waals surface area contributed by atoms with Gasteiger partial charge in [-0.25, -0.2) is 4.98 Å². The van der Waals surface area contributed by atoms with E-state index < -0.39 is 0 Å². The number of hydrogen-bond acceptors (Lipinski definition) is 5. The van der Waals surface area contributed by atoms with E-state index in [1.165, 1.54) is 4.68 Å². The number of benzene rings is 4. The standard InChI is InChI=1S/C30H20ClN3O3/c31-23-13-9-21(10-14-23)19-36-24-15-11-20(12-16-24)18-32-34-29(28-17-22-5-1-4-8-27(22)37-28)33-26-7-3-2-6-25(26)30(34)35/h1-18H,19H2. The molecule has 6 aromatic rings. The van der Waals surface area contributed by atoms with Crippen molar-refractivity contribution < 1.29 is 9.15 Å². The monoisotopic (exact) mass is 505 g/mol. The van der Waals surface area contributed by atoms with Gasteiger partial charge in [-0.3, -0.25) is 4.79 Å². The number of rotatable bonds is 6. The topological polar surface area (TPSA) is 69.6 Å². The average molecular weight is 506 g/mol. The Labute approximate surface area is 217 Å². The molecule has 6 rings (SSSR count). The van der Waals surface area contributed by atoms with Crippen molar-refractivity contribution in [1.82, 2.24) is 9.66 Å². The smallest absolute Gasteiger partial charge is 0.282 e. The summed E-state index contributed by atoms with van der Waals surface area (Å²) in [5.74, 6) is 1.52. The number of fused-ring (bicyclic) bond motifs is 2. The largest absolute Gasteiger partial charge is 0.489 e. The van der Waals surface area contributed by atoms with E-state index in [9.17, 15) is 4.79 Å². The number of hydrogen-bond donors (Lipinski definition) is 0. The zero-order valence-corrected chi connectivity index (χ0v) is 20.3. The van der Waals surface area contributed by atoms with Gasteiger partial charge in [-0.2, -0.15) is 9.78 Å². The second-order valence-electron chi connectivity index (χ2n) is 8.45. The van der Waals surface area contributed by atoms with Gasteiger partial charge in [0, 0.05) is 10.4 Å². The van der Waals surface area contributed by atoms with Crippen LogP contribution in [0.2, 0.25) is 5.02 Å². The minimum absolute atomic E-state index is 0.278. The van der Waals surface area contributed by atoms with Gasteiger partial charge in [-0.05, 0) is 71.8 Å². The van der Waals surface area contributed by atoms with Gasteiger partial charge < -0.3 is 9.15 Å². The lowest BCUT2D eigenvalue weighted by Gasteiger charge is -2.08. The highest BCUT2D eigenvalue weighted by molar-refractivity contribution is 6.30. The summed E-state index contributed by atoms with van der Waals surface area (Å²) in [7, 11) is 0. The Balaban J connectivity index is 1.31. The maximum Gasteiger partial charge on any atom is 0.282 e. The van der Waals surface area contributed by atoms with Crippen LogP contribution < -0.4 is 10.3 Å². The molecule has 0 atom stereocenters. The first-order chi connectivity index (χ1) is 18.1. The van der Waals surface area contributed by atoms with Crippen LogP contribution >= 0.6 is 11.6 Å². The molecule has 7 heteroatoms. The molecule has 0 spiro atoms. The molecule has 2 aromatic heterocycles. The number of nitrogens with zero attached hydrogens (tertiary/aromatic N) is 3. The Morgan fingerprint density at radius 2 is 1.68 bits per heavy atom. The SMILES string of the molecule is O=c1c2ccccc2nc(-c2cc3ccccc3o2)n1N=Cc1ccc(OCc2ccc(Cl)cc2)cc1. The Morgan fingerprint density at radius 3 is 2.49 bits per heavy atom. The molecular weight excluding hydrogens is 486 g/mol. The van der Waals surface area contributed by atoms with E-state index in [0.717, 1.165) is 22.3 Å². The lowest BCUT2D eigenvalue weighted by atomic mass is 10.2. The zero-order chi connectivity index (χ0) is 25.2. The van der Waals surface area contributed by atoms with E-state index in [1.807, 2.05) is 91.0 Å². The fourth-order valence-corrected chi connectivity index (χ4v) is 4.13. The molecule has 0 radical (unpaired) electrons. The molecule has 0 aliphatic carbocycles. The van der Waals surface area contributed by atoms with Crippen LogP contribution in [0.1, 0.15) is 11.1 Å². The average Bonchev–Trinajstić information content (AvgIpc) is 3.37. The third-order valence-electron chi connectivity index (χ3n) is 5.92. The fraction of sp³-hybridized carbons (Fsp3) is 0.0333. The minimum Gasteiger partial charge on any atom is -0.489 e.